The molecule has 0 radical (unpaired) electrons. The minimum absolute atomic E-state index is 0.106. The van der Waals surface area contributed by atoms with Gasteiger partial charge < -0.3 is 10.1 Å². The molecule has 0 saturated heterocycles. The number of sulfonamides is 1. The molecule has 0 fully saturated rings. The van der Waals surface area contributed by atoms with E-state index in [0.717, 1.165) is 17.7 Å². The Morgan fingerprint density at radius 2 is 1.68 bits per heavy atom. The van der Waals surface area contributed by atoms with E-state index < -0.39 is 10.0 Å². The maximum Gasteiger partial charge on any atom is 0.245 e. The number of nitrogens with zero attached hydrogens (tertiary/aromatic N) is 2. The fourth-order valence-corrected chi connectivity index (χ4v) is 5.18. The molecule has 0 aliphatic carbocycles. The molecule has 2 rings (SSSR count). The summed E-state index contributed by atoms with van der Waals surface area (Å²) in [6, 6.07) is 11.1. The SMILES string of the molecule is COc1ccccc1C[C@@H](C)Nc1ccc(S(=O)(=O)N(C(C)C)C(C)C)cn1. The molecule has 1 atom stereocenters. The van der Waals surface area contributed by atoms with Gasteiger partial charge in [-0.05, 0) is 64.8 Å². The summed E-state index contributed by atoms with van der Waals surface area (Å²) in [5.41, 5.74) is 1.11. The van der Waals surface area contributed by atoms with Gasteiger partial charge in [-0.1, -0.05) is 18.2 Å². The summed E-state index contributed by atoms with van der Waals surface area (Å²) in [5.74, 6) is 1.50. The maximum absolute atomic E-state index is 12.9. The smallest absolute Gasteiger partial charge is 0.245 e. The summed E-state index contributed by atoms with van der Waals surface area (Å²) in [7, 11) is -1.91. The van der Waals surface area contributed by atoms with E-state index in [1.54, 1.807) is 19.2 Å². The molecule has 6 nitrogen and oxygen atoms in total. The van der Waals surface area contributed by atoms with Crippen LogP contribution in [0.1, 0.15) is 40.2 Å². The molecule has 154 valence electrons. The van der Waals surface area contributed by atoms with Gasteiger partial charge in [0.1, 0.15) is 16.5 Å². The first-order valence-electron chi connectivity index (χ1n) is 9.54. The lowest BCUT2D eigenvalue weighted by Crippen LogP contribution is -2.41. The highest BCUT2D eigenvalue weighted by Crippen LogP contribution is 2.23. The molecular weight excluding hydrogens is 374 g/mol. The van der Waals surface area contributed by atoms with Crippen molar-refractivity contribution >= 4 is 15.8 Å². The maximum atomic E-state index is 12.9. The second-order valence-electron chi connectivity index (χ2n) is 7.46. The molecule has 1 aromatic heterocycles. The minimum Gasteiger partial charge on any atom is -0.496 e. The van der Waals surface area contributed by atoms with E-state index in [1.807, 2.05) is 52.0 Å². The Bertz CT molecular complexity index is 857. The van der Waals surface area contributed by atoms with Crippen molar-refractivity contribution in [2.24, 2.45) is 0 Å². The van der Waals surface area contributed by atoms with Crippen molar-refractivity contribution in [3.63, 3.8) is 0 Å². The zero-order valence-electron chi connectivity index (χ0n) is 17.5. The van der Waals surface area contributed by atoms with Crippen LogP contribution >= 0.6 is 0 Å². The van der Waals surface area contributed by atoms with Gasteiger partial charge in [-0.25, -0.2) is 13.4 Å². The predicted molar refractivity (Wildman–Crippen MR) is 113 cm³/mol. The van der Waals surface area contributed by atoms with Crippen LogP contribution in [0.5, 0.6) is 5.75 Å². The third-order valence-electron chi connectivity index (χ3n) is 4.44. The molecule has 0 spiro atoms. The summed E-state index contributed by atoms with van der Waals surface area (Å²) in [5, 5.41) is 3.32. The number of pyridine rings is 1. The number of nitrogens with one attached hydrogen (secondary N) is 1. The van der Waals surface area contributed by atoms with Crippen molar-refractivity contribution in [1.82, 2.24) is 9.29 Å². The monoisotopic (exact) mass is 405 g/mol. The molecule has 2 aromatic rings. The molecule has 1 aromatic carbocycles. The van der Waals surface area contributed by atoms with Crippen molar-refractivity contribution in [2.45, 2.75) is 64.1 Å². The van der Waals surface area contributed by atoms with Gasteiger partial charge in [0, 0.05) is 24.3 Å². The van der Waals surface area contributed by atoms with Crippen LogP contribution in [0, 0.1) is 0 Å². The van der Waals surface area contributed by atoms with Crippen LogP contribution in [0.4, 0.5) is 5.82 Å². The van der Waals surface area contributed by atoms with Gasteiger partial charge in [0.05, 0.1) is 7.11 Å². The number of para-hydroxylation sites is 1. The Kier molecular flexibility index (Phi) is 7.43. The van der Waals surface area contributed by atoms with Crippen LogP contribution in [0.15, 0.2) is 47.5 Å². The van der Waals surface area contributed by atoms with Gasteiger partial charge in [-0.15, -0.1) is 0 Å². The van der Waals surface area contributed by atoms with E-state index in [0.29, 0.717) is 5.82 Å². The molecule has 7 heteroatoms. The molecule has 0 amide bonds. The molecule has 0 unspecified atom stereocenters. The topological polar surface area (TPSA) is 71.5 Å². The third kappa shape index (κ3) is 5.23. The molecule has 1 N–H and O–H groups in total. The van der Waals surface area contributed by atoms with Crippen LogP contribution in [-0.2, 0) is 16.4 Å². The van der Waals surface area contributed by atoms with Gasteiger partial charge in [0.15, 0.2) is 0 Å². The average Bonchev–Trinajstić information content (AvgIpc) is 2.61. The minimum atomic E-state index is -3.58. The highest BCUT2D eigenvalue weighted by Gasteiger charge is 2.29. The Morgan fingerprint density at radius 3 is 2.21 bits per heavy atom. The number of benzene rings is 1. The summed E-state index contributed by atoms with van der Waals surface area (Å²) >= 11 is 0. The predicted octanol–water partition coefficient (Wildman–Crippen LogP) is 3.94. The van der Waals surface area contributed by atoms with Crippen molar-refractivity contribution in [3.05, 3.63) is 48.2 Å². The fourth-order valence-electron chi connectivity index (χ4n) is 3.40. The van der Waals surface area contributed by atoms with Crippen molar-refractivity contribution in [3.8, 4) is 5.75 Å². The highest BCUT2D eigenvalue weighted by molar-refractivity contribution is 7.89. The molecular formula is C21H31N3O3S. The van der Waals surface area contributed by atoms with Gasteiger partial charge in [0.2, 0.25) is 10.0 Å². The van der Waals surface area contributed by atoms with Gasteiger partial charge in [-0.3, -0.25) is 0 Å². The van der Waals surface area contributed by atoms with E-state index >= 15 is 0 Å². The molecule has 0 aliphatic heterocycles. The normalized spacial score (nSPS) is 13.2. The first-order chi connectivity index (χ1) is 13.2. The van der Waals surface area contributed by atoms with E-state index in [9.17, 15) is 8.42 Å². The van der Waals surface area contributed by atoms with Crippen molar-refractivity contribution in [1.29, 1.82) is 0 Å². The zero-order valence-corrected chi connectivity index (χ0v) is 18.3. The average molecular weight is 406 g/mol. The van der Waals surface area contributed by atoms with Crippen LogP contribution in [0.3, 0.4) is 0 Å². The van der Waals surface area contributed by atoms with Crippen LogP contribution < -0.4 is 10.1 Å². The lowest BCUT2D eigenvalue weighted by atomic mass is 10.1. The number of hydrogen-bond acceptors (Lipinski definition) is 5. The largest absolute Gasteiger partial charge is 0.496 e. The second kappa shape index (κ2) is 9.39. The van der Waals surface area contributed by atoms with E-state index in [4.69, 9.17) is 4.74 Å². The second-order valence-corrected chi connectivity index (χ2v) is 9.31. The van der Waals surface area contributed by atoms with E-state index in [1.165, 1.54) is 10.5 Å². The van der Waals surface area contributed by atoms with E-state index in [-0.39, 0.29) is 23.0 Å². The third-order valence-corrected chi connectivity index (χ3v) is 6.68. The van der Waals surface area contributed by atoms with Crippen LogP contribution in [-0.4, -0.2) is 42.9 Å². The molecule has 0 bridgehead atoms. The van der Waals surface area contributed by atoms with Crippen molar-refractivity contribution in [2.75, 3.05) is 12.4 Å². The van der Waals surface area contributed by atoms with Crippen molar-refractivity contribution < 1.29 is 13.2 Å². The fraction of sp³-hybridized carbons (Fsp3) is 0.476. The summed E-state index contributed by atoms with van der Waals surface area (Å²) in [6.45, 7) is 9.56. The lowest BCUT2D eigenvalue weighted by Gasteiger charge is -2.29. The molecule has 0 saturated carbocycles. The number of hydrogen-bond donors (Lipinski definition) is 1. The number of methoxy groups -OCH3 is 1. The van der Waals surface area contributed by atoms with Gasteiger partial charge >= 0.3 is 0 Å². The number of anilines is 1. The first-order valence-corrected chi connectivity index (χ1v) is 11.0. The Balaban J connectivity index is 2.12. The summed E-state index contributed by atoms with van der Waals surface area (Å²) < 4.78 is 32.7. The standard InChI is InChI=1S/C21H31N3O3S/c1-15(2)24(16(3)4)28(25,26)19-11-12-21(22-14-19)23-17(5)13-18-9-7-8-10-20(18)27-6/h7-12,14-17H,13H2,1-6H3,(H,22,23)/t17-/m1/s1. The van der Waals surface area contributed by atoms with Gasteiger partial charge in [0.25, 0.3) is 0 Å². The molecule has 0 aliphatic rings. The Morgan fingerprint density at radius 1 is 1.04 bits per heavy atom. The molecule has 1 heterocycles. The Hall–Kier alpha value is -2.12. The first kappa shape index (κ1) is 22.2. The number of aromatic nitrogens is 1. The quantitative estimate of drug-likeness (QED) is 0.684. The molecule has 28 heavy (non-hydrogen) atoms. The number of ether oxygens (including phenoxy) is 1. The number of rotatable bonds is 9. The summed E-state index contributed by atoms with van der Waals surface area (Å²) in [4.78, 5) is 4.53. The lowest BCUT2D eigenvalue weighted by molar-refractivity contribution is 0.302. The zero-order chi connectivity index (χ0) is 20.9. The van der Waals surface area contributed by atoms with Crippen LogP contribution in [0.25, 0.3) is 0 Å². The van der Waals surface area contributed by atoms with E-state index in [2.05, 4.69) is 17.2 Å². The Labute approximate surface area is 169 Å². The summed E-state index contributed by atoms with van der Waals surface area (Å²) in [6.07, 6.45) is 2.19. The highest BCUT2D eigenvalue weighted by atomic mass is 32.2. The van der Waals surface area contributed by atoms with Crippen LogP contribution in [0.2, 0.25) is 0 Å². The van der Waals surface area contributed by atoms with Gasteiger partial charge in [-0.2, -0.15) is 4.31 Å².